The van der Waals surface area contributed by atoms with Crippen LogP contribution in [0.25, 0.3) is 0 Å². The van der Waals surface area contributed by atoms with Crippen LogP contribution >= 0.6 is 0 Å². The molecule has 5 aliphatic rings. The first-order chi connectivity index (χ1) is 15.8. The van der Waals surface area contributed by atoms with Gasteiger partial charge in [-0.15, -0.1) is 0 Å². The maximum atomic E-state index is 14.0. The van der Waals surface area contributed by atoms with Crippen LogP contribution in [0.5, 0.6) is 0 Å². The number of carbonyl (C=O) groups excluding carboxylic acids is 1. The Bertz CT molecular complexity index is 1000. The summed E-state index contributed by atoms with van der Waals surface area (Å²) in [4.78, 5) is 35.0. The third kappa shape index (κ3) is 3.67. The number of rotatable bonds is 3. The van der Waals surface area contributed by atoms with Gasteiger partial charge in [0.05, 0.1) is 31.0 Å². The molecule has 4 bridgehead atoms. The molecule has 0 N–H and O–H groups in total. The van der Waals surface area contributed by atoms with E-state index in [2.05, 4.69) is 4.98 Å². The minimum absolute atomic E-state index is 0.0490. The van der Waals surface area contributed by atoms with Crippen LogP contribution in [0.4, 0.5) is 24.9 Å². The molecule has 1 aromatic heterocycles. The summed E-state index contributed by atoms with van der Waals surface area (Å²) in [6.45, 7) is 1.27. The number of fused-ring (bicyclic) bond motifs is 5. The zero-order valence-electron chi connectivity index (χ0n) is 18.0. The van der Waals surface area contributed by atoms with Crippen LogP contribution in [0.2, 0.25) is 0 Å². The number of halogens is 3. The van der Waals surface area contributed by atoms with Gasteiger partial charge in [-0.2, -0.15) is 18.2 Å². The number of alkyl halides is 3. The lowest BCUT2D eigenvalue weighted by Gasteiger charge is -2.41. The molecule has 4 fully saturated rings. The number of hydrogen-bond acceptors (Lipinski definition) is 7. The van der Waals surface area contributed by atoms with E-state index < -0.39 is 30.2 Å². The predicted molar refractivity (Wildman–Crippen MR) is 110 cm³/mol. The molecular formula is C21H26F3N5O4. The molecule has 6 heterocycles. The van der Waals surface area contributed by atoms with Gasteiger partial charge in [0.2, 0.25) is 11.9 Å². The molecule has 0 saturated carbocycles. The molecule has 5 aliphatic heterocycles. The van der Waals surface area contributed by atoms with Crippen molar-refractivity contribution in [2.45, 2.75) is 68.8 Å². The standard InChI is InChI=1S/C21H26F3N5O4/c22-21(23,24)16-3-4-27-18(30)6-17(28-9-15-5-12(28)11-32-15)25-20(27)29(16)10-19(31)26-7-13-1-2-14(8-26)33-13/h6,12-16H,1-5,7-11H2/t12?,13?,14?,15?,16-/m0/s1. The molecule has 0 aromatic carbocycles. The van der Waals surface area contributed by atoms with E-state index >= 15 is 0 Å². The fraction of sp³-hybridized carbons (Fsp3) is 0.762. The summed E-state index contributed by atoms with van der Waals surface area (Å²) in [5.41, 5.74) is -0.402. The minimum atomic E-state index is -4.55. The van der Waals surface area contributed by atoms with E-state index in [0.29, 0.717) is 32.1 Å². The number of hydrogen-bond donors (Lipinski definition) is 0. The molecule has 0 aliphatic carbocycles. The van der Waals surface area contributed by atoms with E-state index in [1.54, 1.807) is 4.90 Å². The highest BCUT2D eigenvalue weighted by atomic mass is 19.4. The average Bonchev–Trinajstić information content (AvgIpc) is 3.49. The summed E-state index contributed by atoms with van der Waals surface area (Å²) in [6.07, 6.45) is -2.40. The SMILES string of the molecule is O=C(CN1c2nc(N3CC4CC3CO4)cc(=O)n2CC[C@H]1C(F)(F)F)N1CC2CCC(C1)O2. The van der Waals surface area contributed by atoms with E-state index in [4.69, 9.17) is 9.47 Å². The van der Waals surface area contributed by atoms with Gasteiger partial charge in [-0.1, -0.05) is 0 Å². The van der Waals surface area contributed by atoms with Crippen molar-refractivity contribution in [1.29, 1.82) is 0 Å². The number of carbonyl (C=O) groups is 1. The summed E-state index contributed by atoms with van der Waals surface area (Å²) < 4.78 is 54.6. The van der Waals surface area contributed by atoms with Crippen molar-refractivity contribution in [1.82, 2.24) is 14.5 Å². The van der Waals surface area contributed by atoms with Crippen molar-refractivity contribution in [2.24, 2.45) is 0 Å². The number of ether oxygens (including phenoxy) is 2. The maximum absolute atomic E-state index is 14.0. The Morgan fingerprint density at radius 3 is 2.52 bits per heavy atom. The summed E-state index contributed by atoms with van der Waals surface area (Å²) in [5.74, 6) is -0.128. The molecule has 9 nitrogen and oxygen atoms in total. The zero-order chi connectivity index (χ0) is 22.9. The molecular weight excluding hydrogens is 443 g/mol. The Balaban J connectivity index is 1.33. The van der Waals surface area contributed by atoms with Gasteiger partial charge >= 0.3 is 6.18 Å². The highest BCUT2D eigenvalue weighted by Crippen LogP contribution is 2.36. The highest BCUT2D eigenvalue weighted by Gasteiger charge is 2.48. The lowest BCUT2D eigenvalue weighted by atomic mass is 10.1. The van der Waals surface area contributed by atoms with E-state index in [-0.39, 0.29) is 43.3 Å². The lowest BCUT2D eigenvalue weighted by Crippen LogP contribution is -2.57. The van der Waals surface area contributed by atoms with E-state index in [0.717, 1.165) is 24.2 Å². The van der Waals surface area contributed by atoms with Crippen LogP contribution in [0.1, 0.15) is 25.7 Å². The zero-order valence-corrected chi connectivity index (χ0v) is 18.0. The van der Waals surface area contributed by atoms with Crippen LogP contribution in [0.15, 0.2) is 10.9 Å². The second-order valence-corrected chi connectivity index (χ2v) is 9.63. The van der Waals surface area contributed by atoms with Crippen molar-refractivity contribution in [3.05, 3.63) is 16.4 Å². The molecule has 0 spiro atoms. The molecule has 1 aromatic rings. The molecule has 4 unspecified atom stereocenters. The topological polar surface area (TPSA) is 80.1 Å². The highest BCUT2D eigenvalue weighted by molar-refractivity contribution is 5.81. The summed E-state index contributed by atoms with van der Waals surface area (Å²) in [7, 11) is 0. The van der Waals surface area contributed by atoms with Gasteiger partial charge in [0.15, 0.2) is 0 Å². The number of morpholine rings is 2. The monoisotopic (exact) mass is 469 g/mol. The molecule has 12 heteroatoms. The van der Waals surface area contributed by atoms with Crippen LogP contribution in [0, 0.1) is 0 Å². The average molecular weight is 469 g/mol. The van der Waals surface area contributed by atoms with Crippen LogP contribution in [0.3, 0.4) is 0 Å². The second kappa shape index (κ2) is 7.59. The van der Waals surface area contributed by atoms with Gasteiger partial charge in [0.25, 0.3) is 5.56 Å². The number of anilines is 2. The summed E-state index contributed by atoms with van der Waals surface area (Å²) in [5, 5.41) is 0. The number of amides is 1. The summed E-state index contributed by atoms with van der Waals surface area (Å²) in [6, 6.07) is -0.428. The largest absolute Gasteiger partial charge is 0.408 e. The van der Waals surface area contributed by atoms with Gasteiger partial charge in [-0.3, -0.25) is 14.2 Å². The Labute approximate surface area is 188 Å². The third-order valence-electron chi connectivity index (χ3n) is 7.51. The fourth-order valence-electron chi connectivity index (χ4n) is 5.87. The Hall–Kier alpha value is -2.34. The third-order valence-corrected chi connectivity index (χ3v) is 7.51. The molecule has 0 radical (unpaired) electrons. The maximum Gasteiger partial charge on any atom is 0.408 e. The van der Waals surface area contributed by atoms with Crippen molar-refractivity contribution in [3.8, 4) is 0 Å². The van der Waals surface area contributed by atoms with Crippen molar-refractivity contribution < 1.29 is 27.4 Å². The van der Waals surface area contributed by atoms with Crippen LogP contribution in [-0.4, -0.2) is 89.7 Å². The van der Waals surface area contributed by atoms with Gasteiger partial charge in [-0.05, 0) is 25.7 Å². The Morgan fingerprint density at radius 2 is 1.88 bits per heavy atom. The first kappa shape index (κ1) is 21.2. The second-order valence-electron chi connectivity index (χ2n) is 9.63. The van der Waals surface area contributed by atoms with E-state index in [1.807, 2.05) is 4.90 Å². The minimum Gasteiger partial charge on any atom is -0.374 e. The van der Waals surface area contributed by atoms with Crippen molar-refractivity contribution >= 4 is 17.7 Å². The van der Waals surface area contributed by atoms with Crippen molar-refractivity contribution in [3.63, 3.8) is 0 Å². The molecule has 33 heavy (non-hydrogen) atoms. The van der Waals surface area contributed by atoms with Crippen LogP contribution in [-0.2, 0) is 20.8 Å². The number of likely N-dealkylation sites (tertiary alicyclic amines) is 1. The molecule has 5 atom stereocenters. The smallest absolute Gasteiger partial charge is 0.374 e. The Kier molecular flexibility index (Phi) is 4.88. The van der Waals surface area contributed by atoms with Crippen LogP contribution < -0.4 is 15.4 Å². The molecule has 6 rings (SSSR count). The van der Waals surface area contributed by atoms with Gasteiger partial charge in [0.1, 0.15) is 18.4 Å². The lowest BCUT2D eigenvalue weighted by molar-refractivity contribution is -0.154. The van der Waals surface area contributed by atoms with Gasteiger partial charge in [-0.25, -0.2) is 0 Å². The molecule has 4 saturated heterocycles. The first-order valence-corrected chi connectivity index (χ1v) is 11.5. The predicted octanol–water partition coefficient (Wildman–Crippen LogP) is 0.752. The van der Waals surface area contributed by atoms with E-state index in [9.17, 15) is 22.8 Å². The van der Waals surface area contributed by atoms with Crippen molar-refractivity contribution in [2.75, 3.05) is 42.6 Å². The molecule has 1 amide bonds. The quantitative estimate of drug-likeness (QED) is 0.647. The van der Waals surface area contributed by atoms with E-state index in [1.165, 1.54) is 10.6 Å². The number of nitrogens with zero attached hydrogens (tertiary/aromatic N) is 5. The number of aromatic nitrogens is 2. The van der Waals surface area contributed by atoms with Gasteiger partial charge in [0, 0.05) is 32.2 Å². The molecule has 180 valence electrons. The van der Waals surface area contributed by atoms with Gasteiger partial charge < -0.3 is 24.2 Å². The normalized spacial score (nSPS) is 33.1. The summed E-state index contributed by atoms with van der Waals surface area (Å²) >= 11 is 0. The Morgan fingerprint density at radius 1 is 1.12 bits per heavy atom. The fourth-order valence-corrected chi connectivity index (χ4v) is 5.87. The first-order valence-electron chi connectivity index (χ1n) is 11.5.